The summed E-state index contributed by atoms with van der Waals surface area (Å²) in [5.74, 6) is -0.227. The summed E-state index contributed by atoms with van der Waals surface area (Å²) in [6, 6.07) is 3.48. The van der Waals surface area contributed by atoms with Crippen molar-refractivity contribution in [2.75, 3.05) is 0 Å². The third kappa shape index (κ3) is 2.62. The summed E-state index contributed by atoms with van der Waals surface area (Å²) in [6.07, 6.45) is 2.02. The largest absolute Gasteiger partial charge is 0.303 e. The summed E-state index contributed by atoms with van der Waals surface area (Å²) in [6.45, 7) is 1.71. The summed E-state index contributed by atoms with van der Waals surface area (Å²) < 4.78 is 13.6. The van der Waals surface area contributed by atoms with E-state index in [-0.39, 0.29) is 5.82 Å². The lowest BCUT2D eigenvalue weighted by molar-refractivity contribution is -0.107. The van der Waals surface area contributed by atoms with Crippen molar-refractivity contribution in [2.45, 2.75) is 19.8 Å². The quantitative estimate of drug-likeness (QED) is 0.748. The van der Waals surface area contributed by atoms with Crippen molar-refractivity contribution in [3.63, 3.8) is 0 Å². The van der Waals surface area contributed by atoms with Gasteiger partial charge in [0.1, 0.15) is 12.1 Å². The van der Waals surface area contributed by atoms with Crippen LogP contribution in [0.4, 0.5) is 4.39 Å². The number of carbonyl (C=O) groups is 1. The average Bonchev–Trinajstić information content (AvgIpc) is 2.10. The van der Waals surface area contributed by atoms with Gasteiger partial charge in [-0.05, 0) is 46.5 Å². The molecule has 70 valence electrons. The van der Waals surface area contributed by atoms with Gasteiger partial charge in [-0.15, -0.1) is 0 Å². The predicted molar refractivity (Wildman–Crippen MR) is 53.2 cm³/mol. The first kappa shape index (κ1) is 10.4. The van der Waals surface area contributed by atoms with Gasteiger partial charge in [-0.2, -0.15) is 0 Å². The Morgan fingerprint density at radius 2 is 2.23 bits per heavy atom. The van der Waals surface area contributed by atoms with Gasteiger partial charge >= 0.3 is 0 Å². The van der Waals surface area contributed by atoms with Gasteiger partial charge in [0.25, 0.3) is 0 Å². The molecule has 0 spiro atoms. The fourth-order valence-electron chi connectivity index (χ4n) is 1.17. The number of hydrogen-bond donors (Lipinski definition) is 0. The van der Waals surface area contributed by atoms with Crippen LogP contribution in [0.5, 0.6) is 0 Å². The lowest BCUT2D eigenvalue weighted by atomic mass is 10.1. The van der Waals surface area contributed by atoms with Crippen LogP contribution in [0.25, 0.3) is 0 Å². The Balaban J connectivity index is 2.92. The topological polar surface area (TPSA) is 17.1 Å². The van der Waals surface area contributed by atoms with E-state index in [9.17, 15) is 9.18 Å². The first-order valence-corrected chi connectivity index (χ1v) is 4.82. The fourth-order valence-corrected chi connectivity index (χ4v) is 1.77. The van der Waals surface area contributed by atoms with Crippen molar-refractivity contribution in [3.8, 4) is 0 Å². The number of aldehydes is 1. The molecule has 0 aromatic heterocycles. The second-order valence-electron chi connectivity index (χ2n) is 2.91. The molecule has 0 aliphatic rings. The standard InChI is InChI=1S/C10H10BrFO/c1-7-5-8(3-2-4-13)6-9(11)10(7)12/h4-6H,2-3H2,1H3. The molecule has 1 nitrogen and oxygen atoms in total. The van der Waals surface area contributed by atoms with E-state index in [1.165, 1.54) is 0 Å². The van der Waals surface area contributed by atoms with E-state index in [0.717, 1.165) is 11.8 Å². The number of hydrogen-bond acceptors (Lipinski definition) is 1. The van der Waals surface area contributed by atoms with Crippen LogP contribution in [0.3, 0.4) is 0 Å². The second-order valence-corrected chi connectivity index (χ2v) is 3.77. The second kappa shape index (κ2) is 4.51. The molecule has 0 aliphatic heterocycles. The molecule has 0 heterocycles. The third-order valence-corrected chi connectivity index (χ3v) is 2.40. The molecular formula is C10H10BrFO. The first-order chi connectivity index (χ1) is 6.15. The average molecular weight is 245 g/mol. The molecule has 13 heavy (non-hydrogen) atoms. The highest BCUT2D eigenvalue weighted by molar-refractivity contribution is 9.10. The summed E-state index contributed by atoms with van der Waals surface area (Å²) in [5, 5.41) is 0. The van der Waals surface area contributed by atoms with E-state index in [0.29, 0.717) is 22.9 Å². The van der Waals surface area contributed by atoms with Crippen LogP contribution in [0.1, 0.15) is 17.5 Å². The van der Waals surface area contributed by atoms with E-state index < -0.39 is 0 Å². The lowest BCUT2D eigenvalue weighted by Crippen LogP contribution is -1.91. The van der Waals surface area contributed by atoms with E-state index in [1.54, 1.807) is 19.1 Å². The minimum atomic E-state index is -0.227. The summed E-state index contributed by atoms with van der Waals surface area (Å²) in [4.78, 5) is 10.1. The SMILES string of the molecule is Cc1cc(CCC=O)cc(Br)c1F. The molecule has 0 fully saturated rings. The maximum atomic E-state index is 13.1. The highest BCUT2D eigenvalue weighted by Gasteiger charge is 2.04. The molecule has 0 unspecified atom stereocenters. The van der Waals surface area contributed by atoms with Gasteiger partial charge in [-0.25, -0.2) is 4.39 Å². The van der Waals surface area contributed by atoms with Gasteiger partial charge < -0.3 is 4.79 Å². The predicted octanol–water partition coefficient (Wildman–Crippen LogP) is 3.03. The van der Waals surface area contributed by atoms with Crippen molar-refractivity contribution in [3.05, 3.63) is 33.5 Å². The van der Waals surface area contributed by atoms with Gasteiger partial charge in [0.2, 0.25) is 0 Å². The smallest absolute Gasteiger partial charge is 0.140 e. The Labute approximate surface area is 85.1 Å². The van der Waals surface area contributed by atoms with E-state index in [4.69, 9.17) is 0 Å². The van der Waals surface area contributed by atoms with Crippen molar-refractivity contribution >= 4 is 22.2 Å². The number of aryl methyl sites for hydroxylation is 2. The van der Waals surface area contributed by atoms with Gasteiger partial charge in [-0.3, -0.25) is 0 Å². The Bertz CT molecular complexity index is 300. The molecule has 0 saturated carbocycles. The van der Waals surface area contributed by atoms with Crippen LogP contribution in [-0.2, 0) is 11.2 Å². The van der Waals surface area contributed by atoms with E-state index in [1.807, 2.05) is 0 Å². The first-order valence-electron chi connectivity index (χ1n) is 4.03. The summed E-state index contributed by atoms with van der Waals surface area (Å²) in [7, 11) is 0. The maximum absolute atomic E-state index is 13.1. The summed E-state index contributed by atoms with van der Waals surface area (Å²) >= 11 is 3.13. The molecule has 1 rings (SSSR count). The third-order valence-electron chi connectivity index (χ3n) is 1.82. The number of rotatable bonds is 3. The van der Waals surface area contributed by atoms with Gasteiger partial charge in [0.05, 0.1) is 4.47 Å². The molecule has 0 aliphatic carbocycles. The van der Waals surface area contributed by atoms with Crippen molar-refractivity contribution in [1.82, 2.24) is 0 Å². The van der Waals surface area contributed by atoms with E-state index >= 15 is 0 Å². The molecule has 0 bridgehead atoms. The Kier molecular flexibility index (Phi) is 3.60. The van der Waals surface area contributed by atoms with Crippen LogP contribution in [-0.4, -0.2) is 6.29 Å². The van der Waals surface area contributed by atoms with Crippen LogP contribution >= 0.6 is 15.9 Å². The van der Waals surface area contributed by atoms with Crippen LogP contribution < -0.4 is 0 Å². The minimum Gasteiger partial charge on any atom is -0.303 e. The highest BCUT2D eigenvalue weighted by atomic mass is 79.9. The van der Waals surface area contributed by atoms with Crippen molar-refractivity contribution in [1.29, 1.82) is 0 Å². The molecular weight excluding hydrogens is 235 g/mol. The molecule has 0 saturated heterocycles. The van der Waals surface area contributed by atoms with E-state index in [2.05, 4.69) is 15.9 Å². The molecule has 1 aromatic carbocycles. The van der Waals surface area contributed by atoms with Gasteiger partial charge in [-0.1, -0.05) is 6.07 Å². The molecule has 3 heteroatoms. The fraction of sp³-hybridized carbons (Fsp3) is 0.300. The Hall–Kier alpha value is -0.700. The molecule has 0 radical (unpaired) electrons. The Morgan fingerprint density at radius 1 is 1.54 bits per heavy atom. The number of halogens is 2. The van der Waals surface area contributed by atoms with Crippen LogP contribution in [0.2, 0.25) is 0 Å². The number of benzene rings is 1. The van der Waals surface area contributed by atoms with Crippen LogP contribution in [0.15, 0.2) is 16.6 Å². The zero-order chi connectivity index (χ0) is 9.84. The zero-order valence-electron chi connectivity index (χ0n) is 7.31. The van der Waals surface area contributed by atoms with Gasteiger partial charge in [0.15, 0.2) is 0 Å². The summed E-state index contributed by atoms with van der Waals surface area (Å²) in [5.41, 5.74) is 1.59. The number of carbonyl (C=O) groups excluding carboxylic acids is 1. The highest BCUT2D eigenvalue weighted by Crippen LogP contribution is 2.21. The normalized spacial score (nSPS) is 10.1. The lowest BCUT2D eigenvalue weighted by Gasteiger charge is -2.03. The van der Waals surface area contributed by atoms with Crippen LogP contribution in [0, 0.1) is 12.7 Å². The zero-order valence-corrected chi connectivity index (χ0v) is 8.90. The van der Waals surface area contributed by atoms with Crippen molar-refractivity contribution < 1.29 is 9.18 Å². The minimum absolute atomic E-state index is 0.227. The molecule has 0 atom stereocenters. The molecule has 0 amide bonds. The van der Waals surface area contributed by atoms with Crippen molar-refractivity contribution in [2.24, 2.45) is 0 Å². The monoisotopic (exact) mass is 244 g/mol. The molecule has 0 N–H and O–H groups in total. The maximum Gasteiger partial charge on any atom is 0.140 e. The Morgan fingerprint density at radius 3 is 2.77 bits per heavy atom. The van der Waals surface area contributed by atoms with Gasteiger partial charge in [0, 0.05) is 6.42 Å². The molecule has 1 aromatic rings.